The maximum Gasteiger partial charge on any atom is 0.127 e. The molecule has 0 bridgehead atoms. The molecule has 4 heteroatoms. The van der Waals surface area contributed by atoms with Gasteiger partial charge in [0.15, 0.2) is 0 Å². The Hall–Kier alpha value is -3.56. The van der Waals surface area contributed by atoms with Gasteiger partial charge in [-0.3, -0.25) is 0 Å². The molecule has 1 aliphatic rings. The van der Waals surface area contributed by atoms with Crippen LogP contribution in [0.2, 0.25) is 0 Å². The van der Waals surface area contributed by atoms with Gasteiger partial charge in [0.1, 0.15) is 5.82 Å². The summed E-state index contributed by atoms with van der Waals surface area (Å²) in [6.07, 6.45) is 12.3. The van der Waals surface area contributed by atoms with E-state index in [0.29, 0.717) is 5.56 Å². The predicted octanol–water partition coefficient (Wildman–Crippen LogP) is 8.02. The highest BCUT2D eigenvalue weighted by molar-refractivity contribution is 5.73. The number of rotatable bonds is 7. The van der Waals surface area contributed by atoms with Crippen LogP contribution < -0.4 is 5.73 Å². The van der Waals surface area contributed by atoms with E-state index in [9.17, 15) is 4.39 Å². The van der Waals surface area contributed by atoms with E-state index in [1.54, 1.807) is 6.07 Å². The van der Waals surface area contributed by atoms with Crippen molar-refractivity contribution in [2.24, 2.45) is 11.7 Å². The minimum Gasteiger partial charge on any atom is -0.367 e. The molecule has 0 fully saturated rings. The second-order valence-corrected chi connectivity index (χ2v) is 9.50. The lowest BCUT2D eigenvalue weighted by molar-refractivity contribution is 0.470. The topological polar surface area (TPSA) is 53.1 Å². The fraction of sp³-hybridized carbons (Fsp3) is 0.394. The number of hydrogen-bond acceptors (Lipinski definition) is 3. The van der Waals surface area contributed by atoms with Gasteiger partial charge in [-0.2, -0.15) is 5.26 Å². The molecule has 2 aromatic rings. The van der Waals surface area contributed by atoms with Crippen molar-refractivity contribution in [3.8, 4) is 29.5 Å². The summed E-state index contributed by atoms with van der Waals surface area (Å²) in [7, 11) is 2.03. The standard InChI is InChI=1S/C21H20FN3.C7H10.C5H12.2H2/c1-3-21-19-7-6-14(10-16(19)8-9-25(21)2)15-4-5-17(20(22)12-15)11-18(24)13-23;1-3-5-7-6-4-2;1-4-5(2)3;;/h4-7,10,12,18H,1,8-9,11,24H2,2H3;1,4H,2,5-7H2;5H,4H2,1-3H3;2*1H/t18-;;;;/m0..../s1. The number of nitriles is 1. The molecule has 0 radical (unpaired) electrons. The molecule has 1 atom stereocenters. The number of benzene rings is 2. The van der Waals surface area contributed by atoms with Crippen molar-refractivity contribution in [2.75, 3.05) is 13.6 Å². The van der Waals surface area contributed by atoms with Gasteiger partial charge in [0.05, 0.1) is 17.8 Å². The van der Waals surface area contributed by atoms with Crippen LogP contribution in [0.3, 0.4) is 0 Å². The van der Waals surface area contributed by atoms with Crippen molar-refractivity contribution >= 4 is 5.70 Å². The summed E-state index contributed by atoms with van der Waals surface area (Å²) < 4.78 is 14.3. The molecule has 0 unspecified atom stereocenters. The summed E-state index contributed by atoms with van der Waals surface area (Å²) in [5.74, 6) is 3.11. The Morgan fingerprint density at radius 3 is 2.43 bits per heavy atom. The van der Waals surface area contributed by atoms with Gasteiger partial charge in [-0.05, 0) is 53.5 Å². The van der Waals surface area contributed by atoms with Crippen LogP contribution in [0, 0.1) is 35.4 Å². The quantitative estimate of drug-likeness (QED) is 0.180. The molecule has 0 aromatic heterocycles. The molecular formula is C33H46FN3. The first-order valence-electron chi connectivity index (χ1n) is 12.9. The fourth-order valence-electron chi connectivity index (χ4n) is 3.57. The second-order valence-electron chi connectivity index (χ2n) is 9.50. The van der Waals surface area contributed by atoms with Crippen LogP contribution in [-0.2, 0) is 12.8 Å². The second kappa shape index (κ2) is 17.0. The highest BCUT2D eigenvalue weighted by Gasteiger charge is 2.18. The number of terminal acetylenes is 1. The Morgan fingerprint density at radius 2 is 1.89 bits per heavy atom. The van der Waals surface area contributed by atoms with Crippen LogP contribution in [0.1, 0.15) is 66.0 Å². The monoisotopic (exact) mass is 503 g/mol. The molecule has 2 aromatic carbocycles. The van der Waals surface area contributed by atoms with Crippen molar-refractivity contribution in [3.05, 3.63) is 83.9 Å². The van der Waals surface area contributed by atoms with Crippen molar-refractivity contribution in [2.45, 2.75) is 65.3 Å². The van der Waals surface area contributed by atoms with Gasteiger partial charge in [0, 0.05) is 34.9 Å². The molecule has 1 aliphatic heterocycles. The van der Waals surface area contributed by atoms with Gasteiger partial charge in [-0.1, -0.05) is 70.2 Å². The smallest absolute Gasteiger partial charge is 0.127 e. The molecule has 1 heterocycles. The molecule has 0 saturated carbocycles. The van der Waals surface area contributed by atoms with E-state index in [0.717, 1.165) is 60.5 Å². The van der Waals surface area contributed by atoms with Crippen LogP contribution in [0.15, 0.2) is 61.4 Å². The van der Waals surface area contributed by atoms with Gasteiger partial charge in [-0.25, -0.2) is 4.39 Å². The van der Waals surface area contributed by atoms with E-state index in [1.807, 2.05) is 37.4 Å². The SMILES string of the molecule is C#CCCCC=C.C=C=C1c2ccc(-c3ccc(C[C@H](N)C#N)c(F)c3)cc2CCN1C.CCC(C)C.[HH].[HH]. The lowest BCUT2D eigenvalue weighted by Gasteiger charge is -2.28. The van der Waals surface area contributed by atoms with Crippen molar-refractivity contribution < 1.29 is 7.24 Å². The number of nitrogens with two attached hydrogens (primary N) is 1. The molecule has 0 spiro atoms. The van der Waals surface area contributed by atoms with Gasteiger partial charge < -0.3 is 10.6 Å². The average molecular weight is 504 g/mol. The molecule has 0 amide bonds. The first kappa shape index (κ1) is 31.5. The van der Waals surface area contributed by atoms with E-state index in [4.69, 9.17) is 17.4 Å². The van der Waals surface area contributed by atoms with Crippen LogP contribution in [0.5, 0.6) is 0 Å². The third-order valence-corrected chi connectivity index (χ3v) is 6.16. The maximum absolute atomic E-state index is 14.3. The zero-order valence-corrected chi connectivity index (χ0v) is 23.0. The van der Waals surface area contributed by atoms with Gasteiger partial charge in [0.2, 0.25) is 0 Å². The number of nitrogens with zero attached hydrogens (tertiary/aromatic N) is 2. The molecule has 2 N–H and O–H groups in total. The molecule has 0 aliphatic carbocycles. The zero-order valence-electron chi connectivity index (χ0n) is 23.0. The predicted molar refractivity (Wildman–Crippen MR) is 160 cm³/mol. The summed E-state index contributed by atoms with van der Waals surface area (Å²) >= 11 is 0. The molecule has 3 nitrogen and oxygen atoms in total. The van der Waals surface area contributed by atoms with Crippen LogP contribution >= 0.6 is 0 Å². The fourth-order valence-corrected chi connectivity index (χ4v) is 3.57. The van der Waals surface area contributed by atoms with E-state index in [-0.39, 0.29) is 15.1 Å². The number of allylic oxidation sites excluding steroid dienone is 1. The Kier molecular flexibility index (Phi) is 14.5. The molecule has 200 valence electrons. The van der Waals surface area contributed by atoms with E-state index in [2.05, 4.69) is 56.5 Å². The van der Waals surface area contributed by atoms with Gasteiger partial charge in [-0.15, -0.1) is 24.7 Å². The van der Waals surface area contributed by atoms with Crippen LogP contribution in [-0.4, -0.2) is 24.5 Å². The highest BCUT2D eigenvalue weighted by Crippen LogP contribution is 2.31. The van der Waals surface area contributed by atoms with Crippen molar-refractivity contribution in [1.29, 1.82) is 5.26 Å². The Morgan fingerprint density at radius 1 is 1.24 bits per heavy atom. The maximum atomic E-state index is 14.3. The molecule has 37 heavy (non-hydrogen) atoms. The Bertz CT molecular complexity index is 1150. The Balaban J connectivity index is 0. The lowest BCUT2D eigenvalue weighted by Crippen LogP contribution is -2.25. The third-order valence-electron chi connectivity index (χ3n) is 6.16. The Labute approximate surface area is 227 Å². The van der Waals surface area contributed by atoms with Crippen molar-refractivity contribution in [3.63, 3.8) is 0 Å². The summed E-state index contributed by atoms with van der Waals surface area (Å²) in [4.78, 5) is 2.14. The summed E-state index contributed by atoms with van der Waals surface area (Å²) in [5, 5.41) is 8.78. The zero-order chi connectivity index (χ0) is 27.8. The van der Waals surface area contributed by atoms with E-state index in [1.165, 1.54) is 18.1 Å². The first-order valence-corrected chi connectivity index (χ1v) is 12.9. The van der Waals surface area contributed by atoms with Crippen molar-refractivity contribution in [1.82, 2.24) is 4.90 Å². The number of unbranched alkanes of at least 4 members (excludes halogenated alkanes) is 2. The largest absolute Gasteiger partial charge is 0.367 e. The average Bonchev–Trinajstić information content (AvgIpc) is 2.90. The third kappa shape index (κ3) is 10.5. The summed E-state index contributed by atoms with van der Waals surface area (Å²) in [6, 6.07) is 12.5. The summed E-state index contributed by atoms with van der Waals surface area (Å²) in [5.41, 5.74) is 14.2. The first-order chi connectivity index (χ1) is 17.7. The normalized spacial score (nSPS) is 12.5. The lowest BCUT2D eigenvalue weighted by atomic mass is 9.92. The summed E-state index contributed by atoms with van der Waals surface area (Å²) in [6.45, 7) is 14.9. The molecule has 3 rings (SSSR count). The molecular weight excluding hydrogens is 457 g/mol. The van der Waals surface area contributed by atoms with Crippen LogP contribution in [0.25, 0.3) is 16.8 Å². The van der Waals surface area contributed by atoms with Gasteiger partial charge >= 0.3 is 0 Å². The number of fused-ring (bicyclic) bond motifs is 1. The van der Waals surface area contributed by atoms with Crippen LogP contribution in [0.4, 0.5) is 4.39 Å². The minimum absolute atomic E-state index is 0. The number of likely N-dealkylation sites (N-methyl/N-ethyl adjacent to an activating group) is 1. The van der Waals surface area contributed by atoms with E-state index < -0.39 is 6.04 Å². The highest BCUT2D eigenvalue weighted by atomic mass is 19.1. The van der Waals surface area contributed by atoms with E-state index >= 15 is 0 Å². The molecule has 0 saturated heterocycles. The van der Waals surface area contributed by atoms with Gasteiger partial charge in [0.25, 0.3) is 0 Å². The number of hydrogen-bond donors (Lipinski definition) is 1. The number of halogens is 1. The minimum atomic E-state index is -0.690.